The van der Waals surface area contributed by atoms with Gasteiger partial charge in [0.05, 0.1) is 5.41 Å². The van der Waals surface area contributed by atoms with Crippen LogP contribution in [0.5, 0.6) is 0 Å². The molecule has 2 rings (SSSR count). The van der Waals surface area contributed by atoms with Crippen LogP contribution in [0.4, 0.5) is 0 Å². The lowest BCUT2D eigenvalue weighted by atomic mass is 9.72. The summed E-state index contributed by atoms with van der Waals surface area (Å²) in [5.74, 6) is -0.733. The molecule has 0 aromatic heterocycles. The summed E-state index contributed by atoms with van der Waals surface area (Å²) in [6.45, 7) is 2.03. The van der Waals surface area contributed by atoms with Gasteiger partial charge >= 0.3 is 5.97 Å². The summed E-state index contributed by atoms with van der Waals surface area (Å²) in [6, 6.07) is 7.86. The molecule has 0 heterocycles. The van der Waals surface area contributed by atoms with Gasteiger partial charge in [-0.25, -0.2) is 0 Å². The first-order valence-corrected chi connectivity index (χ1v) is 7.09. The Hall–Kier alpha value is -1.35. The highest BCUT2D eigenvalue weighted by Gasteiger charge is 2.44. The molecule has 104 valence electrons. The van der Waals surface area contributed by atoms with E-state index in [0.717, 1.165) is 31.2 Å². The van der Waals surface area contributed by atoms with Gasteiger partial charge in [0.25, 0.3) is 0 Å². The van der Waals surface area contributed by atoms with Crippen molar-refractivity contribution in [2.45, 2.75) is 51.5 Å². The van der Waals surface area contributed by atoms with Gasteiger partial charge in [-0.1, -0.05) is 49.1 Å². The van der Waals surface area contributed by atoms with Gasteiger partial charge in [0.15, 0.2) is 0 Å². The first kappa shape index (κ1) is 14.1. The molecule has 2 atom stereocenters. The molecule has 0 amide bonds. The molecule has 0 aliphatic heterocycles. The molecule has 1 saturated carbocycles. The van der Waals surface area contributed by atoms with E-state index in [0.29, 0.717) is 12.8 Å². The first-order valence-electron chi connectivity index (χ1n) is 7.09. The van der Waals surface area contributed by atoms with Crippen LogP contribution in [0.1, 0.15) is 43.2 Å². The number of nitrogens with two attached hydrogens (primary N) is 1. The number of carbonyl (C=O) groups is 1. The van der Waals surface area contributed by atoms with E-state index >= 15 is 0 Å². The summed E-state index contributed by atoms with van der Waals surface area (Å²) in [4.78, 5) is 11.8. The zero-order valence-electron chi connectivity index (χ0n) is 11.6. The molecule has 0 saturated heterocycles. The molecule has 1 aromatic carbocycles. The molecule has 0 radical (unpaired) electrons. The number of hydrogen-bond acceptors (Lipinski definition) is 2. The van der Waals surface area contributed by atoms with Crippen LogP contribution in [-0.4, -0.2) is 17.1 Å². The van der Waals surface area contributed by atoms with Crippen LogP contribution in [0, 0.1) is 12.3 Å². The molecule has 1 aliphatic carbocycles. The average molecular weight is 261 g/mol. The molecule has 0 spiro atoms. The van der Waals surface area contributed by atoms with Crippen LogP contribution in [0.25, 0.3) is 0 Å². The summed E-state index contributed by atoms with van der Waals surface area (Å²) in [6.07, 6.45) is 5.16. The Kier molecular flexibility index (Phi) is 4.25. The van der Waals surface area contributed by atoms with E-state index in [1.807, 2.05) is 25.1 Å². The highest BCUT2D eigenvalue weighted by Crippen LogP contribution is 2.37. The van der Waals surface area contributed by atoms with E-state index in [1.165, 1.54) is 5.56 Å². The number of benzene rings is 1. The van der Waals surface area contributed by atoms with Gasteiger partial charge in [-0.15, -0.1) is 0 Å². The van der Waals surface area contributed by atoms with Crippen LogP contribution < -0.4 is 5.73 Å². The van der Waals surface area contributed by atoms with Gasteiger partial charge in [0, 0.05) is 6.04 Å². The fourth-order valence-electron chi connectivity index (χ4n) is 3.19. The van der Waals surface area contributed by atoms with Crippen molar-refractivity contribution in [3.05, 3.63) is 35.4 Å². The third-order valence-corrected chi connectivity index (χ3v) is 4.38. The van der Waals surface area contributed by atoms with Gasteiger partial charge in [-0.2, -0.15) is 0 Å². The second-order valence-electron chi connectivity index (χ2n) is 5.83. The minimum Gasteiger partial charge on any atom is -0.481 e. The lowest BCUT2D eigenvalue weighted by Gasteiger charge is -2.34. The summed E-state index contributed by atoms with van der Waals surface area (Å²) in [5, 5.41) is 9.73. The molecule has 0 bridgehead atoms. The topological polar surface area (TPSA) is 63.3 Å². The number of rotatable bonds is 3. The van der Waals surface area contributed by atoms with E-state index in [9.17, 15) is 9.90 Å². The predicted molar refractivity (Wildman–Crippen MR) is 76.0 cm³/mol. The molecule has 0 unspecified atom stereocenters. The third kappa shape index (κ3) is 2.98. The number of aliphatic carboxylic acids is 1. The van der Waals surface area contributed by atoms with Gasteiger partial charge in [-0.05, 0) is 31.7 Å². The second kappa shape index (κ2) is 5.74. The normalized spacial score (nSPS) is 27.8. The Morgan fingerprint density at radius 3 is 2.89 bits per heavy atom. The fraction of sp³-hybridized carbons (Fsp3) is 0.562. The largest absolute Gasteiger partial charge is 0.481 e. The minimum atomic E-state index is -0.787. The zero-order valence-corrected chi connectivity index (χ0v) is 11.6. The van der Waals surface area contributed by atoms with E-state index in [4.69, 9.17) is 5.73 Å². The first-order chi connectivity index (χ1) is 9.04. The lowest BCUT2D eigenvalue weighted by Crippen LogP contribution is -2.48. The molecule has 1 aliphatic rings. The standard InChI is InChI=1S/C16H23NO2/c1-12-6-5-7-13(10-12)11-16(15(18)19)9-4-2-3-8-14(16)17/h5-7,10,14H,2-4,8-9,11,17H2,1H3,(H,18,19)/t14-,16+/m1/s1. The molecule has 3 heteroatoms. The van der Waals surface area contributed by atoms with Crippen molar-refractivity contribution >= 4 is 5.97 Å². The van der Waals surface area contributed by atoms with E-state index in [-0.39, 0.29) is 6.04 Å². The minimum absolute atomic E-state index is 0.243. The number of aryl methyl sites for hydroxylation is 1. The number of carboxylic acids is 1. The Morgan fingerprint density at radius 2 is 2.21 bits per heavy atom. The van der Waals surface area contributed by atoms with Gasteiger partial charge in [0.2, 0.25) is 0 Å². The summed E-state index contributed by atoms with van der Waals surface area (Å²) in [7, 11) is 0. The van der Waals surface area contributed by atoms with Crippen molar-refractivity contribution in [2.75, 3.05) is 0 Å². The molecule has 1 fully saturated rings. The van der Waals surface area contributed by atoms with Crippen molar-refractivity contribution in [3.8, 4) is 0 Å². The van der Waals surface area contributed by atoms with E-state index < -0.39 is 11.4 Å². The van der Waals surface area contributed by atoms with Crippen molar-refractivity contribution in [1.82, 2.24) is 0 Å². The highest BCUT2D eigenvalue weighted by atomic mass is 16.4. The van der Waals surface area contributed by atoms with Crippen LogP contribution in [0.3, 0.4) is 0 Å². The smallest absolute Gasteiger partial charge is 0.311 e. The maximum atomic E-state index is 11.8. The van der Waals surface area contributed by atoms with E-state index in [2.05, 4.69) is 6.07 Å². The SMILES string of the molecule is Cc1cccc(C[C@@]2(C(=O)O)CCCCC[C@H]2N)c1. The van der Waals surface area contributed by atoms with Gasteiger partial charge in [0.1, 0.15) is 0 Å². The third-order valence-electron chi connectivity index (χ3n) is 4.38. The molecular formula is C16H23NO2. The molecular weight excluding hydrogens is 238 g/mol. The quantitative estimate of drug-likeness (QED) is 0.822. The van der Waals surface area contributed by atoms with Crippen LogP contribution in [0.2, 0.25) is 0 Å². The lowest BCUT2D eigenvalue weighted by molar-refractivity contribution is -0.150. The highest BCUT2D eigenvalue weighted by molar-refractivity contribution is 5.76. The van der Waals surface area contributed by atoms with Gasteiger partial charge in [-0.3, -0.25) is 4.79 Å². The Bertz CT molecular complexity index is 458. The van der Waals surface area contributed by atoms with Crippen LogP contribution >= 0.6 is 0 Å². The van der Waals surface area contributed by atoms with Crippen molar-refractivity contribution < 1.29 is 9.90 Å². The Morgan fingerprint density at radius 1 is 1.42 bits per heavy atom. The van der Waals surface area contributed by atoms with Crippen molar-refractivity contribution in [2.24, 2.45) is 11.1 Å². The maximum absolute atomic E-state index is 11.8. The van der Waals surface area contributed by atoms with Crippen molar-refractivity contribution in [1.29, 1.82) is 0 Å². The molecule has 3 nitrogen and oxygen atoms in total. The van der Waals surface area contributed by atoms with Crippen molar-refractivity contribution in [3.63, 3.8) is 0 Å². The fourth-order valence-corrected chi connectivity index (χ4v) is 3.19. The second-order valence-corrected chi connectivity index (χ2v) is 5.83. The summed E-state index contributed by atoms with van der Waals surface area (Å²) >= 11 is 0. The predicted octanol–water partition coefficient (Wildman–Crippen LogP) is 2.90. The zero-order chi connectivity index (χ0) is 13.9. The monoisotopic (exact) mass is 261 g/mol. The van der Waals surface area contributed by atoms with Crippen LogP contribution in [-0.2, 0) is 11.2 Å². The average Bonchev–Trinajstić information content (AvgIpc) is 2.53. The molecule has 3 N–H and O–H groups in total. The maximum Gasteiger partial charge on any atom is 0.311 e. The van der Waals surface area contributed by atoms with Gasteiger partial charge < -0.3 is 10.8 Å². The van der Waals surface area contributed by atoms with Crippen LogP contribution in [0.15, 0.2) is 24.3 Å². The molecule has 1 aromatic rings. The van der Waals surface area contributed by atoms with E-state index in [1.54, 1.807) is 0 Å². The Labute approximate surface area is 114 Å². The summed E-state index contributed by atoms with van der Waals surface area (Å²) < 4.78 is 0. The molecule has 19 heavy (non-hydrogen) atoms. The Balaban J connectivity index is 2.30. The number of hydrogen-bond donors (Lipinski definition) is 2. The number of carboxylic acid groups (broad SMARTS) is 1. The summed E-state index contributed by atoms with van der Waals surface area (Å²) in [5.41, 5.74) is 7.68.